The topological polar surface area (TPSA) is 26.0 Å². The van der Waals surface area contributed by atoms with Crippen molar-refractivity contribution in [2.75, 3.05) is 0 Å². The molecule has 2 heteroatoms. The van der Waals surface area contributed by atoms with Crippen LogP contribution in [0.5, 0.6) is 0 Å². The van der Waals surface area contributed by atoms with Gasteiger partial charge in [-0.05, 0) is 55.7 Å². The van der Waals surface area contributed by atoms with Gasteiger partial charge in [-0.15, -0.1) is 0 Å². The molecule has 0 radical (unpaired) electrons. The van der Waals surface area contributed by atoms with E-state index in [0.29, 0.717) is 5.56 Å². The maximum atomic E-state index is 13.3. The number of halogens is 1. The van der Waals surface area contributed by atoms with Gasteiger partial charge in [0.2, 0.25) is 0 Å². The number of hydrogen-bond donors (Lipinski definition) is 1. The van der Waals surface area contributed by atoms with Crippen molar-refractivity contribution in [3.8, 4) is 0 Å². The quantitative estimate of drug-likeness (QED) is 0.827. The zero-order chi connectivity index (χ0) is 12.5. The van der Waals surface area contributed by atoms with Crippen LogP contribution in [0.2, 0.25) is 0 Å². The van der Waals surface area contributed by atoms with Crippen molar-refractivity contribution in [3.63, 3.8) is 0 Å². The zero-order valence-corrected chi connectivity index (χ0v) is 10.8. The van der Waals surface area contributed by atoms with E-state index < -0.39 is 0 Å². The van der Waals surface area contributed by atoms with E-state index in [-0.39, 0.29) is 11.4 Å². The summed E-state index contributed by atoms with van der Waals surface area (Å²) in [7, 11) is 0. The van der Waals surface area contributed by atoms with E-state index in [2.05, 4.69) is 6.92 Å². The third-order valence-electron chi connectivity index (χ3n) is 4.31. The molecule has 1 aromatic rings. The van der Waals surface area contributed by atoms with E-state index in [0.717, 1.165) is 24.3 Å². The van der Waals surface area contributed by atoms with Crippen LogP contribution < -0.4 is 5.73 Å². The molecule has 0 atom stereocenters. The molecule has 1 aromatic carbocycles. The minimum Gasteiger partial charge on any atom is -0.321 e. The van der Waals surface area contributed by atoms with Crippen LogP contribution in [0.25, 0.3) is 0 Å². The number of benzene rings is 1. The van der Waals surface area contributed by atoms with Crippen LogP contribution >= 0.6 is 0 Å². The highest BCUT2D eigenvalue weighted by molar-refractivity contribution is 5.30. The van der Waals surface area contributed by atoms with Gasteiger partial charge in [0.25, 0.3) is 0 Å². The van der Waals surface area contributed by atoms with Crippen molar-refractivity contribution in [2.24, 2.45) is 11.7 Å². The van der Waals surface area contributed by atoms with E-state index in [1.807, 2.05) is 12.1 Å². The monoisotopic (exact) mass is 235 g/mol. The molecule has 1 aliphatic carbocycles. The lowest BCUT2D eigenvalue weighted by atomic mass is 9.72. The lowest BCUT2D eigenvalue weighted by molar-refractivity contribution is 0.231. The second-order valence-electron chi connectivity index (χ2n) is 5.47. The normalized spacial score (nSPS) is 29.3. The van der Waals surface area contributed by atoms with Crippen molar-refractivity contribution in [1.29, 1.82) is 0 Å². The molecule has 1 aliphatic rings. The van der Waals surface area contributed by atoms with Crippen LogP contribution in [0, 0.1) is 18.7 Å². The molecule has 0 saturated heterocycles. The van der Waals surface area contributed by atoms with Crippen LogP contribution in [-0.2, 0) is 5.54 Å². The first-order valence-electron chi connectivity index (χ1n) is 6.60. The lowest BCUT2D eigenvalue weighted by Gasteiger charge is -2.37. The predicted octanol–water partition coefficient (Wildman–Crippen LogP) is 3.89. The average Bonchev–Trinajstić information content (AvgIpc) is 2.33. The van der Waals surface area contributed by atoms with Gasteiger partial charge in [-0.1, -0.05) is 25.5 Å². The Balaban J connectivity index is 2.18. The molecular formula is C15H22FN. The van der Waals surface area contributed by atoms with Crippen molar-refractivity contribution in [1.82, 2.24) is 0 Å². The highest BCUT2D eigenvalue weighted by atomic mass is 19.1. The summed E-state index contributed by atoms with van der Waals surface area (Å²) in [6.45, 7) is 4.05. The highest BCUT2D eigenvalue weighted by Gasteiger charge is 2.32. The third kappa shape index (κ3) is 2.52. The predicted molar refractivity (Wildman–Crippen MR) is 69.3 cm³/mol. The molecular weight excluding hydrogens is 213 g/mol. The second kappa shape index (κ2) is 4.77. The van der Waals surface area contributed by atoms with Gasteiger partial charge in [0.15, 0.2) is 0 Å². The van der Waals surface area contributed by atoms with E-state index in [1.54, 1.807) is 13.0 Å². The van der Waals surface area contributed by atoms with Crippen molar-refractivity contribution in [2.45, 2.75) is 51.5 Å². The molecule has 0 spiro atoms. The largest absolute Gasteiger partial charge is 0.321 e. The van der Waals surface area contributed by atoms with Gasteiger partial charge in [-0.2, -0.15) is 0 Å². The Morgan fingerprint density at radius 2 is 2.00 bits per heavy atom. The molecule has 0 aromatic heterocycles. The van der Waals surface area contributed by atoms with Crippen molar-refractivity contribution < 1.29 is 4.39 Å². The summed E-state index contributed by atoms with van der Waals surface area (Å²) >= 11 is 0. The summed E-state index contributed by atoms with van der Waals surface area (Å²) in [5.74, 6) is 0.688. The molecule has 0 unspecified atom stereocenters. The molecule has 0 bridgehead atoms. The first-order valence-corrected chi connectivity index (χ1v) is 6.60. The summed E-state index contributed by atoms with van der Waals surface area (Å²) in [4.78, 5) is 0. The molecule has 1 saturated carbocycles. The van der Waals surface area contributed by atoms with Crippen LogP contribution in [0.4, 0.5) is 4.39 Å². The number of rotatable bonds is 2. The molecule has 2 rings (SSSR count). The molecule has 1 fully saturated rings. The Kier molecular flexibility index (Phi) is 3.53. The summed E-state index contributed by atoms with van der Waals surface area (Å²) in [6.07, 6.45) is 5.69. The maximum Gasteiger partial charge on any atom is 0.126 e. The highest BCUT2D eigenvalue weighted by Crippen LogP contribution is 2.38. The Hall–Kier alpha value is -0.890. The van der Waals surface area contributed by atoms with Crippen LogP contribution in [0.3, 0.4) is 0 Å². The molecule has 2 N–H and O–H groups in total. The molecule has 1 nitrogen and oxygen atoms in total. The van der Waals surface area contributed by atoms with E-state index >= 15 is 0 Å². The van der Waals surface area contributed by atoms with Gasteiger partial charge >= 0.3 is 0 Å². The standard InChI is InChI=1S/C15H22FN/c1-3-12-6-8-15(17,9-7-12)13-4-5-14(16)11(2)10-13/h4-5,10,12H,3,6-9,17H2,1-2H3. The van der Waals surface area contributed by atoms with Crippen LogP contribution in [0.15, 0.2) is 18.2 Å². The van der Waals surface area contributed by atoms with Gasteiger partial charge < -0.3 is 5.73 Å². The van der Waals surface area contributed by atoms with E-state index in [1.165, 1.54) is 19.3 Å². The number of aryl methyl sites for hydroxylation is 1. The van der Waals surface area contributed by atoms with Gasteiger partial charge in [0.05, 0.1) is 0 Å². The Morgan fingerprint density at radius 1 is 1.35 bits per heavy atom. The molecule has 94 valence electrons. The molecule has 17 heavy (non-hydrogen) atoms. The fraction of sp³-hybridized carbons (Fsp3) is 0.600. The Labute approximate surface area is 103 Å². The lowest BCUT2D eigenvalue weighted by Crippen LogP contribution is -2.40. The minimum absolute atomic E-state index is 0.139. The molecule has 0 heterocycles. The second-order valence-corrected chi connectivity index (χ2v) is 5.47. The number of nitrogens with two attached hydrogens (primary N) is 1. The third-order valence-corrected chi connectivity index (χ3v) is 4.31. The van der Waals surface area contributed by atoms with Gasteiger partial charge in [-0.25, -0.2) is 4.39 Å². The first kappa shape index (κ1) is 12.6. The fourth-order valence-electron chi connectivity index (χ4n) is 2.84. The average molecular weight is 235 g/mol. The Morgan fingerprint density at radius 3 is 2.53 bits per heavy atom. The Bertz CT molecular complexity index is 392. The summed E-state index contributed by atoms with van der Waals surface area (Å²) < 4.78 is 13.3. The zero-order valence-electron chi connectivity index (χ0n) is 10.8. The first-order chi connectivity index (χ1) is 8.05. The van der Waals surface area contributed by atoms with Crippen molar-refractivity contribution >= 4 is 0 Å². The van der Waals surface area contributed by atoms with E-state index in [9.17, 15) is 4.39 Å². The number of hydrogen-bond acceptors (Lipinski definition) is 1. The molecule has 0 aliphatic heterocycles. The summed E-state index contributed by atoms with van der Waals surface area (Å²) in [5, 5.41) is 0. The SMILES string of the molecule is CCC1CCC(N)(c2ccc(F)c(C)c2)CC1. The molecule has 0 amide bonds. The smallest absolute Gasteiger partial charge is 0.126 e. The van der Waals surface area contributed by atoms with Gasteiger partial charge in [-0.3, -0.25) is 0 Å². The fourth-order valence-corrected chi connectivity index (χ4v) is 2.84. The van der Waals surface area contributed by atoms with E-state index in [4.69, 9.17) is 5.73 Å². The van der Waals surface area contributed by atoms with Gasteiger partial charge in [0.1, 0.15) is 5.82 Å². The summed E-state index contributed by atoms with van der Waals surface area (Å²) in [6, 6.07) is 5.32. The summed E-state index contributed by atoms with van der Waals surface area (Å²) in [5.41, 5.74) is 8.06. The maximum absolute atomic E-state index is 13.3. The van der Waals surface area contributed by atoms with Crippen LogP contribution in [-0.4, -0.2) is 0 Å². The van der Waals surface area contributed by atoms with Crippen molar-refractivity contribution in [3.05, 3.63) is 35.1 Å². The van der Waals surface area contributed by atoms with Crippen LogP contribution in [0.1, 0.15) is 50.2 Å². The minimum atomic E-state index is -0.232. The van der Waals surface area contributed by atoms with Gasteiger partial charge in [0, 0.05) is 5.54 Å².